The van der Waals surface area contributed by atoms with Gasteiger partial charge in [0.15, 0.2) is 0 Å². The van der Waals surface area contributed by atoms with Crippen LogP contribution in [0.5, 0.6) is 0 Å². The topological polar surface area (TPSA) is 59.5 Å². The first-order valence-electron chi connectivity index (χ1n) is 10.5. The van der Waals surface area contributed by atoms with E-state index in [0.29, 0.717) is 17.6 Å². The van der Waals surface area contributed by atoms with Crippen LogP contribution in [0.15, 0.2) is 47.1 Å². The van der Waals surface area contributed by atoms with E-state index in [1.54, 1.807) is 6.33 Å². The van der Waals surface area contributed by atoms with E-state index in [-0.39, 0.29) is 6.04 Å². The standard InChI is InChI=1S/C23H27N5O/c1-15(2)22(21-12-17-7-4-5-9-20(17)29-21)27-10-6-8-18(13-27)19-11-16(3)26-23-24-14-25-28(19)23/h4-5,7,9,11-12,14-15,18,22H,6,8,10,13H2,1-3H3. The summed E-state index contributed by atoms with van der Waals surface area (Å²) >= 11 is 0. The molecule has 0 aliphatic carbocycles. The molecule has 1 aliphatic rings. The molecule has 4 aromatic rings. The fraction of sp³-hybridized carbons (Fsp3) is 0.435. The molecule has 6 nitrogen and oxygen atoms in total. The Morgan fingerprint density at radius 1 is 1.17 bits per heavy atom. The quantitative estimate of drug-likeness (QED) is 0.504. The van der Waals surface area contributed by atoms with Crippen LogP contribution in [0.2, 0.25) is 0 Å². The highest BCUT2D eigenvalue weighted by Crippen LogP contribution is 2.37. The van der Waals surface area contributed by atoms with Crippen molar-refractivity contribution in [1.82, 2.24) is 24.5 Å². The number of piperidine rings is 1. The minimum Gasteiger partial charge on any atom is -0.459 e. The highest BCUT2D eigenvalue weighted by molar-refractivity contribution is 5.77. The number of benzene rings is 1. The number of para-hydroxylation sites is 1. The number of hydrogen-bond donors (Lipinski definition) is 0. The van der Waals surface area contributed by atoms with Gasteiger partial charge in [0.2, 0.25) is 0 Å². The Hall–Kier alpha value is -2.73. The lowest BCUT2D eigenvalue weighted by molar-refractivity contribution is 0.0999. The summed E-state index contributed by atoms with van der Waals surface area (Å²) < 4.78 is 8.19. The smallest absolute Gasteiger partial charge is 0.252 e. The van der Waals surface area contributed by atoms with Crippen molar-refractivity contribution < 1.29 is 4.42 Å². The number of furan rings is 1. The maximum absolute atomic E-state index is 6.28. The van der Waals surface area contributed by atoms with E-state index in [4.69, 9.17) is 4.42 Å². The fourth-order valence-electron chi connectivity index (χ4n) is 4.83. The molecule has 0 bridgehead atoms. The number of aryl methyl sites for hydroxylation is 1. The van der Waals surface area contributed by atoms with Gasteiger partial charge in [0, 0.05) is 23.5 Å². The molecule has 0 radical (unpaired) electrons. The van der Waals surface area contributed by atoms with E-state index < -0.39 is 0 Å². The molecule has 2 unspecified atom stereocenters. The van der Waals surface area contributed by atoms with E-state index in [1.165, 1.54) is 11.1 Å². The van der Waals surface area contributed by atoms with Gasteiger partial charge in [0.1, 0.15) is 17.7 Å². The van der Waals surface area contributed by atoms with Crippen LogP contribution >= 0.6 is 0 Å². The van der Waals surface area contributed by atoms with Crippen molar-refractivity contribution in [2.75, 3.05) is 13.1 Å². The van der Waals surface area contributed by atoms with E-state index in [2.05, 4.69) is 64.1 Å². The molecule has 0 saturated carbocycles. The first kappa shape index (κ1) is 18.3. The second-order valence-electron chi connectivity index (χ2n) is 8.50. The van der Waals surface area contributed by atoms with Crippen molar-refractivity contribution in [3.63, 3.8) is 0 Å². The molecule has 150 valence electrons. The molecule has 4 heterocycles. The predicted octanol–water partition coefficient (Wildman–Crippen LogP) is 4.76. The van der Waals surface area contributed by atoms with Crippen LogP contribution in [0.1, 0.15) is 55.8 Å². The van der Waals surface area contributed by atoms with E-state index in [9.17, 15) is 0 Å². The summed E-state index contributed by atoms with van der Waals surface area (Å²) in [6.45, 7) is 8.67. The summed E-state index contributed by atoms with van der Waals surface area (Å²) in [5.41, 5.74) is 3.17. The lowest BCUT2D eigenvalue weighted by Crippen LogP contribution is -2.39. The first-order valence-corrected chi connectivity index (χ1v) is 10.5. The number of hydrogen-bond acceptors (Lipinski definition) is 5. The molecule has 5 rings (SSSR count). The zero-order chi connectivity index (χ0) is 20.0. The van der Waals surface area contributed by atoms with Crippen LogP contribution in [0.4, 0.5) is 0 Å². The van der Waals surface area contributed by atoms with Crippen molar-refractivity contribution in [1.29, 1.82) is 0 Å². The molecule has 0 spiro atoms. The van der Waals surface area contributed by atoms with Crippen LogP contribution in [0.25, 0.3) is 16.7 Å². The van der Waals surface area contributed by atoms with Gasteiger partial charge in [-0.25, -0.2) is 9.50 Å². The zero-order valence-electron chi connectivity index (χ0n) is 17.2. The van der Waals surface area contributed by atoms with Gasteiger partial charge in [-0.05, 0) is 50.4 Å². The van der Waals surface area contributed by atoms with Gasteiger partial charge in [-0.2, -0.15) is 10.1 Å². The first-order chi connectivity index (χ1) is 14.1. The van der Waals surface area contributed by atoms with Gasteiger partial charge >= 0.3 is 0 Å². The van der Waals surface area contributed by atoms with Crippen molar-refractivity contribution in [2.45, 2.75) is 45.6 Å². The zero-order valence-corrected chi connectivity index (χ0v) is 17.2. The predicted molar refractivity (Wildman–Crippen MR) is 113 cm³/mol. The normalized spacial score (nSPS) is 19.4. The average Bonchev–Trinajstić information content (AvgIpc) is 3.33. The van der Waals surface area contributed by atoms with E-state index in [0.717, 1.165) is 43.0 Å². The number of nitrogens with zero attached hydrogens (tertiary/aromatic N) is 5. The molecule has 3 aromatic heterocycles. The van der Waals surface area contributed by atoms with Crippen LogP contribution < -0.4 is 0 Å². The molecular weight excluding hydrogens is 362 g/mol. The molecule has 1 fully saturated rings. The molecule has 0 N–H and O–H groups in total. The monoisotopic (exact) mass is 389 g/mol. The van der Waals surface area contributed by atoms with Crippen molar-refractivity contribution >= 4 is 16.7 Å². The summed E-state index contributed by atoms with van der Waals surface area (Å²) in [6, 6.07) is 12.9. The molecular formula is C23H27N5O. The van der Waals surface area contributed by atoms with Gasteiger partial charge in [-0.1, -0.05) is 32.0 Å². The number of likely N-dealkylation sites (tertiary alicyclic amines) is 1. The van der Waals surface area contributed by atoms with Crippen LogP contribution in [-0.2, 0) is 0 Å². The summed E-state index contributed by atoms with van der Waals surface area (Å²) in [7, 11) is 0. The number of rotatable bonds is 4. The van der Waals surface area contributed by atoms with Gasteiger partial charge in [-0.3, -0.25) is 4.90 Å². The third-order valence-corrected chi connectivity index (χ3v) is 6.04. The molecule has 2 atom stereocenters. The van der Waals surface area contributed by atoms with Gasteiger partial charge in [0.25, 0.3) is 5.78 Å². The van der Waals surface area contributed by atoms with Crippen molar-refractivity contribution in [3.8, 4) is 0 Å². The van der Waals surface area contributed by atoms with E-state index in [1.807, 2.05) is 17.5 Å². The molecule has 6 heteroatoms. The van der Waals surface area contributed by atoms with Crippen LogP contribution in [-0.4, -0.2) is 37.6 Å². The van der Waals surface area contributed by atoms with Gasteiger partial charge < -0.3 is 4.42 Å². The van der Waals surface area contributed by atoms with Crippen molar-refractivity contribution in [3.05, 3.63) is 59.9 Å². The summed E-state index contributed by atoms with van der Waals surface area (Å²) in [5, 5.41) is 5.61. The Kier molecular flexibility index (Phi) is 4.59. The molecule has 1 saturated heterocycles. The summed E-state index contributed by atoms with van der Waals surface area (Å²) in [5.74, 6) is 2.62. The molecule has 29 heavy (non-hydrogen) atoms. The SMILES string of the molecule is Cc1cc(C2CCCN(C(c3cc4ccccc4o3)C(C)C)C2)n2ncnc2n1. The maximum Gasteiger partial charge on any atom is 0.252 e. The van der Waals surface area contributed by atoms with Crippen LogP contribution in [0, 0.1) is 12.8 Å². The fourth-order valence-corrected chi connectivity index (χ4v) is 4.83. The average molecular weight is 390 g/mol. The second kappa shape index (κ2) is 7.26. The van der Waals surface area contributed by atoms with Crippen molar-refractivity contribution in [2.24, 2.45) is 5.92 Å². The van der Waals surface area contributed by atoms with Crippen LogP contribution in [0.3, 0.4) is 0 Å². The van der Waals surface area contributed by atoms with E-state index >= 15 is 0 Å². The Labute approximate surface area is 170 Å². The third kappa shape index (κ3) is 3.31. The molecule has 0 amide bonds. The summed E-state index contributed by atoms with van der Waals surface area (Å²) in [4.78, 5) is 11.4. The minimum atomic E-state index is 0.263. The summed E-state index contributed by atoms with van der Waals surface area (Å²) in [6.07, 6.45) is 3.91. The van der Waals surface area contributed by atoms with Gasteiger partial charge in [0.05, 0.1) is 11.7 Å². The largest absolute Gasteiger partial charge is 0.459 e. The Balaban J connectivity index is 1.48. The Morgan fingerprint density at radius 3 is 2.86 bits per heavy atom. The number of aromatic nitrogens is 4. The highest BCUT2D eigenvalue weighted by Gasteiger charge is 2.32. The Morgan fingerprint density at radius 2 is 2.03 bits per heavy atom. The third-order valence-electron chi connectivity index (χ3n) is 6.04. The molecule has 1 aromatic carbocycles. The Bertz CT molecular complexity index is 1110. The lowest BCUT2D eigenvalue weighted by Gasteiger charge is -2.39. The second-order valence-corrected chi connectivity index (χ2v) is 8.50. The maximum atomic E-state index is 6.28. The lowest BCUT2D eigenvalue weighted by atomic mass is 9.90. The molecule has 1 aliphatic heterocycles. The highest BCUT2D eigenvalue weighted by atomic mass is 16.3. The number of fused-ring (bicyclic) bond motifs is 2. The minimum absolute atomic E-state index is 0.263. The van der Waals surface area contributed by atoms with Gasteiger partial charge in [-0.15, -0.1) is 0 Å².